The van der Waals surface area contributed by atoms with Crippen molar-refractivity contribution in [1.82, 2.24) is 0 Å². The lowest BCUT2D eigenvalue weighted by Crippen LogP contribution is -2.01. The van der Waals surface area contributed by atoms with Gasteiger partial charge in [-0.15, -0.1) is 0 Å². The molecule has 0 atom stereocenters. The van der Waals surface area contributed by atoms with Gasteiger partial charge in [0.1, 0.15) is 23.0 Å². The highest BCUT2D eigenvalue weighted by molar-refractivity contribution is 5.78. The maximum absolute atomic E-state index is 6.34. The largest absolute Gasteiger partial charge is 0.494 e. The van der Waals surface area contributed by atoms with Crippen molar-refractivity contribution in [1.29, 1.82) is 0 Å². The van der Waals surface area contributed by atoms with E-state index < -0.39 is 0 Å². The Morgan fingerprint density at radius 1 is 0.220 bits per heavy atom. The van der Waals surface area contributed by atoms with Gasteiger partial charge in [0.2, 0.25) is 0 Å². The summed E-state index contributed by atoms with van der Waals surface area (Å²) >= 11 is 0. The molecule has 0 heterocycles. The highest BCUT2D eigenvalue weighted by Gasteiger charge is 2.08. The summed E-state index contributed by atoms with van der Waals surface area (Å²) in [5.41, 5.74) is 11.4. The van der Waals surface area contributed by atoms with E-state index in [-0.39, 0.29) is 0 Å². The van der Waals surface area contributed by atoms with E-state index in [9.17, 15) is 0 Å². The number of hydrogen-bond donors (Lipinski definition) is 0. The molecule has 0 amide bonds. The van der Waals surface area contributed by atoms with Crippen molar-refractivity contribution in [2.24, 2.45) is 0 Å². The Kier molecular flexibility index (Phi) is 31.7. The Bertz CT molecular complexity index is 2580. The molecule has 0 saturated carbocycles. The van der Waals surface area contributed by atoms with Gasteiger partial charge in [0.25, 0.3) is 0 Å². The Balaban J connectivity index is 0.967. The second-order valence-electron chi connectivity index (χ2n) is 22.2. The van der Waals surface area contributed by atoms with Crippen LogP contribution in [0.3, 0.4) is 0 Å². The number of hydrogen-bond acceptors (Lipinski definition) is 4. The van der Waals surface area contributed by atoms with E-state index in [2.05, 4.69) is 222 Å². The molecule has 6 aromatic rings. The maximum atomic E-state index is 6.34. The molecule has 6 rings (SSSR count). The van der Waals surface area contributed by atoms with Crippen molar-refractivity contribution in [2.75, 3.05) is 26.4 Å². The summed E-state index contributed by atoms with van der Waals surface area (Å²) in [6.45, 7) is 12.0. The second kappa shape index (κ2) is 40.4. The van der Waals surface area contributed by atoms with Crippen molar-refractivity contribution in [3.05, 3.63) is 189 Å². The Labute approximate surface area is 497 Å². The number of unbranched alkanes of at least 4 members (excludes halogenated alkanes) is 20. The van der Waals surface area contributed by atoms with E-state index in [4.69, 9.17) is 18.9 Å². The van der Waals surface area contributed by atoms with Crippen LogP contribution in [-0.4, -0.2) is 26.4 Å². The third-order valence-electron chi connectivity index (χ3n) is 15.1. The van der Waals surface area contributed by atoms with Gasteiger partial charge in [-0.05, 0) is 107 Å². The van der Waals surface area contributed by atoms with Gasteiger partial charge in [0.05, 0.1) is 26.4 Å². The molecule has 4 heteroatoms. The van der Waals surface area contributed by atoms with E-state index in [1.807, 2.05) is 0 Å². The summed E-state index contributed by atoms with van der Waals surface area (Å²) in [6.07, 6.45) is 51.8. The van der Waals surface area contributed by atoms with Crippen LogP contribution in [0.15, 0.2) is 133 Å². The first-order chi connectivity index (χ1) is 40.5. The summed E-state index contributed by atoms with van der Waals surface area (Å²) in [6, 6.07) is 47.4. The third-order valence-corrected chi connectivity index (χ3v) is 15.1. The van der Waals surface area contributed by atoms with Crippen LogP contribution in [0.2, 0.25) is 0 Å². The molecular weight excluding hydrogens is 1000 g/mol. The quantitative estimate of drug-likeness (QED) is 0.0283. The molecule has 0 fully saturated rings. The molecule has 0 saturated heterocycles. The zero-order valence-corrected chi connectivity index (χ0v) is 50.9. The van der Waals surface area contributed by atoms with E-state index >= 15 is 0 Å². The van der Waals surface area contributed by atoms with E-state index in [0.29, 0.717) is 0 Å². The van der Waals surface area contributed by atoms with Crippen molar-refractivity contribution < 1.29 is 18.9 Å². The predicted molar refractivity (Wildman–Crippen MR) is 359 cm³/mol. The van der Waals surface area contributed by atoms with Crippen LogP contribution in [-0.2, 0) is 0 Å². The molecular formula is C78H100O4. The minimum absolute atomic E-state index is 0.737. The number of rotatable bonds is 42. The van der Waals surface area contributed by atoms with Crippen molar-refractivity contribution in [2.45, 2.75) is 182 Å². The Hall–Kier alpha value is -6.78. The first kappa shape index (κ1) is 64.4. The van der Waals surface area contributed by atoms with Gasteiger partial charge in [-0.2, -0.15) is 0 Å². The molecule has 0 aliphatic carbocycles. The van der Waals surface area contributed by atoms with Gasteiger partial charge in [0, 0.05) is 11.1 Å². The Morgan fingerprint density at radius 3 is 0.671 bits per heavy atom. The van der Waals surface area contributed by atoms with Gasteiger partial charge in [0.15, 0.2) is 0 Å². The van der Waals surface area contributed by atoms with Gasteiger partial charge >= 0.3 is 0 Å². The maximum Gasteiger partial charge on any atom is 0.126 e. The van der Waals surface area contributed by atoms with Crippen LogP contribution in [0.1, 0.15) is 237 Å². The first-order valence-electron chi connectivity index (χ1n) is 32.1. The minimum Gasteiger partial charge on any atom is -0.494 e. The van der Waals surface area contributed by atoms with Crippen LogP contribution in [0.5, 0.6) is 23.0 Å². The monoisotopic (exact) mass is 1100 g/mol. The lowest BCUT2D eigenvalue weighted by molar-refractivity contribution is 0.296. The molecule has 0 bridgehead atoms. The summed E-state index contributed by atoms with van der Waals surface area (Å²) < 4.78 is 25.1. The molecule has 0 aromatic heterocycles. The zero-order valence-electron chi connectivity index (χ0n) is 50.9. The molecule has 0 aliphatic heterocycles. The van der Waals surface area contributed by atoms with Crippen LogP contribution in [0.4, 0.5) is 0 Å². The molecule has 82 heavy (non-hydrogen) atoms. The minimum atomic E-state index is 0.737. The molecule has 0 aliphatic rings. The summed E-state index contributed by atoms with van der Waals surface area (Å²) in [7, 11) is 0. The molecule has 6 aromatic carbocycles. The zero-order chi connectivity index (χ0) is 57.3. The van der Waals surface area contributed by atoms with Crippen LogP contribution in [0, 0.1) is 0 Å². The van der Waals surface area contributed by atoms with Crippen molar-refractivity contribution in [3.8, 4) is 23.0 Å². The molecule has 0 unspecified atom stereocenters. The fourth-order valence-corrected chi connectivity index (χ4v) is 9.85. The number of ether oxygens (including phenoxy) is 4. The van der Waals surface area contributed by atoms with Crippen LogP contribution < -0.4 is 18.9 Å². The predicted octanol–water partition coefficient (Wildman–Crippen LogP) is 23.5. The smallest absolute Gasteiger partial charge is 0.126 e. The van der Waals surface area contributed by atoms with E-state index in [1.165, 1.54) is 151 Å². The molecule has 436 valence electrons. The normalized spacial score (nSPS) is 11.8. The van der Waals surface area contributed by atoms with Gasteiger partial charge in [-0.1, -0.05) is 314 Å². The summed E-state index contributed by atoms with van der Waals surface area (Å²) in [4.78, 5) is 0. The van der Waals surface area contributed by atoms with Crippen LogP contribution in [0.25, 0.3) is 60.8 Å². The standard InChI is InChI=1S/C78H100O4/c1-5-9-13-17-21-25-59-79-75-55-57-77(81-61-27-23-19-15-11-7-3)73(63-75)53-51-71-47-43-69(44-48-71)41-39-67-35-31-65(32-36-67)29-30-66-33-37-68(38-34-66)40-42-70-45-49-72(50-46-70)52-54-74-64-76(80-60-26-22-18-14-10-6-2)56-58-78(74)82-62-28-24-20-16-12-8-4/h29-58,63-64H,5-28,59-62H2,1-4H3/b30-29-,41-39-,42-40-,53-51-,54-52-. The molecule has 0 N–H and O–H groups in total. The lowest BCUT2D eigenvalue weighted by atomic mass is 10.1. The van der Waals surface area contributed by atoms with Gasteiger partial charge in [-0.3, -0.25) is 0 Å². The first-order valence-corrected chi connectivity index (χ1v) is 32.1. The summed E-state index contributed by atoms with van der Waals surface area (Å²) in [5, 5.41) is 0. The second-order valence-corrected chi connectivity index (χ2v) is 22.2. The molecule has 4 nitrogen and oxygen atoms in total. The van der Waals surface area contributed by atoms with Crippen molar-refractivity contribution >= 4 is 60.8 Å². The Morgan fingerprint density at radius 2 is 0.427 bits per heavy atom. The van der Waals surface area contributed by atoms with Gasteiger partial charge in [-0.25, -0.2) is 0 Å². The fraction of sp³-hybridized carbons (Fsp3) is 0.410. The fourth-order valence-electron chi connectivity index (χ4n) is 9.85. The molecule has 0 radical (unpaired) electrons. The molecule has 0 spiro atoms. The number of benzene rings is 6. The summed E-state index contributed by atoms with van der Waals surface area (Å²) in [5.74, 6) is 3.65. The average molecular weight is 1100 g/mol. The third kappa shape index (κ3) is 26.4. The lowest BCUT2D eigenvalue weighted by Gasteiger charge is -2.12. The average Bonchev–Trinajstić information content (AvgIpc) is 3.54. The highest BCUT2D eigenvalue weighted by Crippen LogP contribution is 2.30. The SMILES string of the molecule is CCCCCCCCOc1ccc(OCCCCCCCC)c(/C=C\c2ccc(/C=C\c3ccc(/C=C\c4ccc(/C=C\c5ccc(/C=C\c6cc(OCCCCCCCC)ccc6OCCCCCCCC)cc5)cc4)cc3)cc2)c1. The van der Waals surface area contributed by atoms with Gasteiger partial charge < -0.3 is 18.9 Å². The van der Waals surface area contributed by atoms with Crippen LogP contribution >= 0.6 is 0 Å². The van der Waals surface area contributed by atoms with Crippen molar-refractivity contribution in [3.63, 3.8) is 0 Å². The topological polar surface area (TPSA) is 36.9 Å². The highest BCUT2D eigenvalue weighted by atomic mass is 16.5. The van der Waals surface area contributed by atoms with E-state index in [1.54, 1.807) is 0 Å². The van der Waals surface area contributed by atoms with E-state index in [0.717, 1.165) is 108 Å².